The Balaban J connectivity index is 0.000000400. The molecule has 0 atom stereocenters. The van der Waals surface area contributed by atoms with Gasteiger partial charge < -0.3 is 18.9 Å². The Kier molecular flexibility index (Phi) is 13.7. The molecule has 0 saturated heterocycles. The first kappa shape index (κ1) is 34.0. The number of alkyl halides is 4. The van der Waals surface area contributed by atoms with E-state index < -0.39 is 43.4 Å². The number of halogens is 4. The monoisotopic (exact) mass is 572 g/mol. The number of hydrogen-bond acceptors (Lipinski definition) is 9. The average Bonchev–Trinajstić information content (AvgIpc) is 2.95. The van der Waals surface area contributed by atoms with E-state index in [0.717, 1.165) is 0 Å². The Labute approximate surface area is 229 Å². The minimum Gasteiger partial charge on any atom is -0.471 e. The van der Waals surface area contributed by atoms with Crippen molar-refractivity contribution >= 4 is 24.3 Å². The molecule has 0 unspecified atom stereocenters. The van der Waals surface area contributed by atoms with Gasteiger partial charge in [0.25, 0.3) is 11.8 Å². The van der Waals surface area contributed by atoms with Crippen LogP contribution in [0, 0.1) is 0 Å². The normalized spacial score (nSPS) is 11.0. The molecule has 2 aromatic rings. The number of carbonyl (C=O) groups excluding carboxylic acids is 3. The zero-order valence-electron chi connectivity index (χ0n) is 22.7. The van der Waals surface area contributed by atoms with Crippen molar-refractivity contribution in [3.05, 3.63) is 53.4 Å². The van der Waals surface area contributed by atoms with Gasteiger partial charge in [0, 0.05) is 30.8 Å². The number of pyridine rings is 2. The molecule has 0 N–H and O–H groups in total. The molecule has 0 bridgehead atoms. The van der Waals surface area contributed by atoms with Crippen LogP contribution in [0.5, 0.6) is 11.8 Å². The summed E-state index contributed by atoms with van der Waals surface area (Å²) >= 11 is 0. The van der Waals surface area contributed by atoms with Crippen LogP contribution in [0.2, 0.25) is 0 Å². The maximum Gasteiger partial charge on any atom is 0.344 e. The molecule has 2 aromatic heterocycles. The van der Waals surface area contributed by atoms with E-state index in [1.807, 2.05) is 0 Å². The summed E-state index contributed by atoms with van der Waals surface area (Å²) in [5.74, 6) is -8.03. The molecule has 0 spiro atoms. The van der Waals surface area contributed by atoms with Crippen molar-refractivity contribution in [1.29, 1.82) is 0 Å². The fourth-order valence-electron chi connectivity index (χ4n) is 2.77. The van der Waals surface area contributed by atoms with Gasteiger partial charge in [-0.3, -0.25) is 4.79 Å². The van der Waals surface area contributed by atoms with Gasteiger partial charge >= 0.3 is 11.9 Å². The van der Waals surface area contributed by atoms with Gasteiger partial charge in [0.15, 0.2) is 19.5 Å². The summed E-state index contributed by atoms with van der Waals surface area (Å²) in [5.41, 5.74) is 0.175. The highest BCUT2D eigenvalue weighted by molar-refractivity contribution is 6.00. The summed E-state index contributed by atoms with van der Waals surface area (Å²) in [6.07, 6.45) is 3.63. The van der Waals surface area contributed by atoms with Crippen LogP contribution in [-0.2, 0) is 9.47 Å². The SMILES string of the molecule is C=Cc1ccnc(OCC(F)(F)CC)c1C(=O)OCC.CCOC(=O)c1c(C=O)ccnc1OCC(F)(F)CC. The lowest BCUT2D eigenvalue weighted by Crippen LogP contribution is -2.25. The minimum atomic E-state index is -3.04. The fourth-order valence-corrected chi connectivity index (χ4v) is 2.77. The van der Waals surface area contributed by atoms with Crippen LogP contribution in [-0.4, -0.2) is 66.5 Å². The molecule has 0 aliphatic carbocycles. The van der Waals surface area contributed by atoms with Gasteiger partial charge in [0.05, 0.1) is 13.2 Å². The molecule has 0 fully saturated rings. The van der Waals surface area contributed by atoms with Crippen molar-refractivity contribution in [2.75, 3.05) is 26.4 Å². The molecular weight excluding hydrogens is 540 g/mol. The van der Waals surface area contributed by atoms with E-state index in [0.29, 0.717) is 11.8 Å². The van der Waals surface area contributed by atoms with Gasteiger partial charge in [0.1, 0.15) is 11.1 Å². The molecule has 2 rings (SSSR count). The summed E-state index contributed by atoms with van der Waals surface area (Å²) in [7, 11) is 0. The van der Waals surface area contributed by atoms with Gasteiger partial charge in [0.2, 0.25) is 11.8 Å². The van der Waals surface area contributed by atoms with Crippen molar-refractivity contribution in [2.24, 2.45) is 0 Å². The van der Waals surface area contributed by atoms with Gasteiger partial charge in [-0.25, -0.2) is 37.1 Å². The smallest absolute Gasteiger partial charge is 0.344 e. The van der Waals surface area contributed by atoms with Crippen LogP contribution in [0.4, 0.5) is 17.6 Å². The first-order valence-corrected chi connectivity index (χ1v) is 12.3. The lowest BCUT2D eigenvalue weighted by molar-refractivity contribution is -0.0453. The van der Waals surface area contributed by atoms with Crippen molar-refractivity contribution in [1.82, 2.24) is 9.97 Å². The number of aromatic nitrogens is 2. The number of rotatable bonds is 14. The fraction of sp³-hybridized carbons (Fsp3) is 0.444. The molecule has 40 heavy (non-hydrogen) atoms. The largest absolute Gasteiger partial charge is 0.471 e. The zero-order chi connectivity index (χ0) is 30.3. The maximum absolute atomic E-state index is 13.2. The molecule has 2 heterocycles. The third-order valence-electron chi connectivity index (χ3n) is 5.08. The Morgan fingerprint density at radius 3 is 1.55 bits per heavy atom. The summed E-state index contributed by atoms with van der Waals surface area (Å²) < 4.78 is 72.3. The quantitative estimate of drug-likeness (QED) is 0.157. The van der Waals surface area contributed by atoms with Crippen LogP contribution < -0.4 is 9.47 Å². The molecule has 0 aliphatic heterocycles. The lowest BCUT2D eigenvalue weighted by Gasteiger charge is -2.16. The van der Waals surface area contributed by atoms with E-state index in [1.54, 1.807) is 13.8 Å². The Morgan fingerprint density at radius 2 is 1.20 bits per heavy atom. The molecule has 0 radical (unpaired) electrons. The predicted molar refractivity (Wildman–Crippen MR) is 137 cm³/mol. The van der Waals surface area contributed by atoms with Crippen LogP contribution in [0.1, 0.15) is 77.2 Å². The zero-order valence-corrected chi connectivity index (χ0v) is 22.7. The molecule has 220 valence electrons. The van der Waals surface area contributed by atoms with E-state index in [1.165, 1.54) is 44.4 Å². The second-order valence-electron chi connectivity index (χ2n) is 7.92. The average molecular weight is 573 g/mol. The van der Waals surface area contributed by atoms with Gasteiger partial charge in [-0.05, 0) is 31.5 Å². The predicted octanol–water partition coefficient (Wildman–Crippen LogP) is 5.82. The van der Waals surface area contributed by atoms with Crippen molar-refractivity contribution in [3.8, 4) is 11.8 Å². The van der Waals surface area contributed by atoms with Crippen LogP contribution >= 0.6 is 0 Å². The maximum atomic E-state index is 13.2. The number of nitrogens with zero attached hydrogens (tertiary/aromatic N) is 2. The highest BCUT2D eigenvalue weighted by Crippen LogP contribution is 2.26. The third kappa shape index (κ3) is 10.3. The molecule has 0 aromatic carbocycles. The minimum absolute atomic E-state index is 0.0104. The number of esters is 2. The Hall–Kier alpha value is -4.03. The van der Waals surface area contributed by atoms with Gasteiger partial charge in [-0.1, -0.05) is 26.5 Å². The molecule has 0 aliphatic rings. The van der Waals surface area contributed by atoms with Crippen molar-refractivity contribution < 1.29 is 50.9 Å². The van der Waals surface area contributed by atoms with E-state index in [9.17, 15) is 31.9 Å². The molecule has 9 nitrogen and oxygen atoms in total. The number of aldehydes is 1. The second-order valence-corrected chi connectivity index (χ2v) is 7.92. The molecule has 0 saturated carbocycles. The van der Waals surface area contributed by atoms with Crippen LogP contribution in [0.15, 0.2) is 31.1 Å². The summed E-state index contributed by atoms with van der Waals surface area (Å²) in [6, 6.07) is 2.81. The van der Waals surface area contributed by atoms with Crippen molar-refractivity contribution in [2.45, 2.75) is 52.4 Å². The number of ether oxygens (including phenoxy) is 4. The van der Waals surface area contributed by atoms with E-state index in [4.69, 9.17) is 18.9 Å². The summed E-state index contributed by atoms with van der Waals surface area (Å²) in [6.45, 7) is 7.92. The second kappa shape index (κ2) is 16.2. The lowest BCUT2D eigenvalue weighted by atomic mass is 10.1. The molecule has 0 amide bonds. The van der Waals surface area contributed by atoms with Crippen molar-refractivity contribution in [3.63, 3.8) is 0 Å². The Morgan fingerprint density at radius 1 is 0.800 bits per heavy atom. The third-order valence-corrected chi connectivity index (χ3v) is 5.08. The summed E-state index contributed by atoms with van der Waals surface area (Å²) in [4.78, 5) is 42.1. The first-order chi connectivity index (χ1) is 18.9. The van der Waals surface area contributed by atoms with Crippen LogP contribution in [0.25, 0.3) is 6.08 Å². The Bertz CT molecular complexity index is 1070. The van der Waals surface area contributed by atoms with Gasteiger partial charge in [-0.15, -0.1) is 0 Å². The highest BCUT2D eigenvalue weighted by atomic mass is 19.3. The van der Waals surface area contributed by atoms with E-state index >= 15 is 0 Å². The summed E-state index contributed by atoms with van der Waals surface area (Å²) in [5, 5.41) is 0. The van der Waals surface area contributed by atoms with Crippen LogP contribution in [0.3, 0.4) is 0 Å². The first-order valence-electron chi connectivity index (χ1n) is 12.3. The topological polar surface area (TPSA) is 114 Å². The van der Waals surface area contributed by atoms with E-state index in [-0.39, 0.29) is 48.1 Å². The molecular formula is C27H32F4N2O7. The standard InChI is InChI=1S/C14H17F2NO3.C13H15F2NO4/c1-4-10-7-8-17-12(11(10)13(18)19-6-3)20-9-14(15,16)5-2;1-3-13(14,15)8-20-11-10(12(18)19-4-2)9(7-17)5-6-16-11/h4,7-8H,1,5-6,9H2,2-3H3;5-7H,3-4,8H2,1-2H3. The number of hydrogen-bond donors (Lipinski definition) is 0. The van der Waals surface area contributed by atoms with E-state index in [2.05, 4.69) is 16.5 Å². The number of carbonyl (C=O) groups is 3. The highest BCUT2D eigenvalue weighted by Gasteiger charge is 2.30. The van der Waals surface area contributed by atoms with Gasteiger partial charge in [-0.2, -0.15) is 0 Å². The molecule has 13 heteroatoms.